The Kier molecular flexibility index (Phi) is 6.69. The third-order valence-corrected chi connectivity index (χ3v) is 7.30. The van der Waals surface area contributed by atoms with Crippen LogP contribution in [0.4, 0.5) is 0 Å². The van der Waals surface area contributed by atoms with Crippen LogP contribution in [0.25, 0.3) is 0 Å². The van der Waals surface area contributed by atoms with Crippen molar-refractivity contribution in [2.75, 3.05) is 46.9 Å². The molecule has 0 aromatic heterocycles. The van der Waals surface area contributed by atoms with Crippen LogP contribution in [0.1, 0.15) is 24.8 Å². The van der Waals surface area contributed by atoms with E-state index in [1.807, 2.05) is 18.2 Å². The van der Waals surface area contributed by atoms with E-state index in [1.54, 1.807) is 18.4 Å². The second-order valence-corrected chi connectivity index (χ2v) is 9.73. The number of rotatable bonds is 8. The third-order valence-electron chi connectivity index (χ3n) is 5.43. The Bertz CT molecular complexity index is 666. The van der Waals surface area contributed by atoms with Crippen LogP contribution in [0.2, 0.25) is 0 Å². The van der Waals surface area contributed by atoms with Crippen LogP contribution in [0, 0.1) is 5.92 Å². The van der Waals surface area contributed by atoms with Gasteiger partial charge in [0.2, 0.25) is 0 Å². The smallest absolute Gasteiger partial charge is 0.281 e. The Morgan fingerprint density at radius 1 is 1.12 bits per heavy atom. The lowest BCUT2D eigenvalue weighted by molar-refractivity contribution is 0.0863. The largest absolute Gasteiger partial charge is 0.377 e. The summed E-state index contributed by atoms with van der Waals surface area (Å²) in [4.78, 5) is 2.48. The van der Waals surface area contributed by atoms with Crippen molar-refractivity contribution in [3.05, 3.63) is 35.9 Å². The van der Waals surface area contributed by atoms with Crippen LogP contribution < -0.4 is 0 Å². The topological polar surface area (TPSA) is 53.1 Å². The zero-order valence-corrected chi connectivity index (χ0v) is 16.7. The van der Waals surface area contributed by atoms with Crippen molar-refractivity contribution in [2.24, 2.45) is 5.92 Å². The maximum Gasteiger partial charge on any atom is 0.281 e. The van der Waals surface area contributed by atoms with Gasteiger partial charge in [-0.05, 0) is 30.7 Å². The molecule has 26 heavy (non-hydrogen) atoms. The van der Waals surface area contributed by atoms with Gasteiger partial charge in [0, 0.05) is 52.9 Å². The van der Waals surface area contributed by atoms with Crippen molar-refractivity contribution in [2.45, 2.75) is 31.9 Å². The first-order valence-corrected chi connectivity index (χ1v) is 10.9. The number of hydrogen-bond acceptors (Lipinski definition) is 4. The van der Waals surface area contributed by atoms with Crippen molar-refractivity contribution >= 4 is 10.2 Å². The zero-order chi connectivity index (χ0) is 18.6. The lowest BCUT2D eigenvalue weighted by Gasteiger charge is -2.36. The highest BCUT2D eigenvalue weighted by atomic mass is 32.2. The van der Waals surface area contributed by atoms with E-state index in [2.05, 4.69) is 17.0 Å². The number of fused-ring (bicyclic) bond motifs is 4. The quantitative estimate of drug-likeness (QED) is 0.645. The molecule has 2 atom stereocenters. The van der Waals surface area contributed by atoms with Gasteiger partial charge in [-0.25, -0.2) is 0 Å². The van der Waals surface area contributed by atoms with Crippen molar-refractivity contribution < 1.29 is 13.2 Å². The zero-order valence-electron chi connectivity index (χ0n) is 15.9. The van der Waals surface area contributed by atoms with E-state index in [-0.39, 0.29) is 0 Å². The highest BCUT2D eigenvalue weighted by Gasteiger charge is 2.39. The maximum absolute atomic E-state index is 12.5. The summed E-state index contributed by atoms with van der Waals surface area (Å²) in [6.07, 6.45) is 3.20. The van der Waals surface area contributed by atoms with Gasteiger partial charge in [0.05, 0.1) is 6.61 Å². The summed E-state index contributed by atoms with van der Waals surface area (Å²) in [5.74, 6) is 0.439. The number of ether oxygens (including phenoxy) is 1. The van der Waals surface area contributed by atoms with Gasteiger partial charge in [-0.2, -0.15) is 17.0 Å². The average Bonchev–Trinajstić information content (AvgIpc) is 2.95. The van der Waals surface area contributed by atoms with Crippen molar-refractivity contribution in [3.8, 4) is 0 Å². The van der Waals surface area contributed by atoms with Gasteiger partial charge >= 0.3 is 0 Å². The molecule has 0 saturated carbocycles. The Morgan fingerprint density at radius 3 is 2.62 bits per heavy atom. The molecule has 4 rings (SSSR count). The Labute approximate surface area is 157 Å². The first kappa shape index (κ1) is 19.8. The summed E-state index contributed by atoms with van der Waals surface area (Å²) in [5, 5.41) is 0. The van der Waals surface area contributed by atoms with E-state index in [0.29, 0.717) is 31.7 Å². The Balaban J connectivity index is 1.46. The molecule has 7 heteroatoms. The lowest BCUT2D eigenvalue weighted by Crippen LogP contribution is -2.46. The minimum atomic E-state index is -3.32. The summed E-state index contributed by atoms with van der Waals surface area (Å²) in [5.41, 5.74) is 1.20. The molecular weight excluding hydrogens is 350 g/mol. The normalized spacial score (nSPS) is 24.9. The molecule has 0 spiro atoms. The average molecular weight is 382 g/mol. The summed E-state index contributed by atoms with van der Waals surface area (Å²) < 4.78 is 33.8. The lowest BCUT2D eigenvalue weighted by atomic mass is 9.95. The van der Waals surface area contributed by atoms with E-state index in [4.69, 9.17) is 4.74 Å². The van der Waals surface area contributed by atoms with E-state index < -0.39 is 10.2 Å². The SMILES string of the molecule is CN(C)S(=O)(=O)N1C[C@H]2CC[C@@H](C1)N(CCCOCc1ccccc1)C2. The molecule has 0 N–H and O–H groups in total. The second-order valence-electron chi connectivity index (χ2n) is 7.59. The Hall–Kier alpha value is -0.990. The first-order valence-electron chi connectivity index (χ1n) is 9.50. The predicted octanol–water partition coefficient (Wildman–Crippen LogP) is 1.80. The van der Waals surface area contributed by atoms with Crippen LogP contribution in [-0.4, -0.2) is 74.9 Å². The fourth-order valence-corrected chi connectivity index (χ4v) is 5.18. The van der Waals surface area contributed by atoms with E-state index in [1.165, 1.54) is 9.87 Å². The van der Waals surface area contributed by atoms with Gasteiger partial charge in [-0.15, -0.1) is 0 Å². The van der Waals surface area contributed by atoms with Gasteiger partial charge in [0.25, 0.3) is 10.2 Å². The van der Waals surface area contributed by atoms with E-state index >= 15 is 0 Å². The number of nitrogens with zero attached hydrogens (tertiary/aromatic N) is 3. The first-order chi connectivity index (χ1) is 12.5. The predicted molar refractivity (Wildman–Crippen MR) is 103 cm³/mol. The Morgan fingerprint density at radius 2 is 1.88 bits per heavy atom. The molecule has 0 aliphatic carbocycles. The number of piperidine rings is 1. The maximum atomic E-state index is 12.5. The van der Waals surface area contributed by atoms with Gasteiger partial charge in [-0.1, -0.05) is 30.3 Å². The van der Waals surface area contributed by atoms with E-state index in [0.717, 1.165) is 39.0 Å². The van der Waals surface area contributed by atoms with Gasteiger partial charge in [0.1, 0.15) is 0 Å². The minimum Gasteiger partial charge on any atom is -0.377 e. The van der Waals surface area contributed by atoms with Crippen LogP contribution in [0.3, 0.4) is 0 Å². The molecule has 3 heterocycles. The number of benzene rings is 1. The van der Waals surface area contributed by atoms with Crippen molar-refractivity contribution in [1.82, 2.24) is 13.5 Å². The highest BCUT2D eigenvalue weighted by Crippen LogP contribution is 2.29. The molecule has 3 aliphatic rings. The third kappa shape index (κ3) is 4.84. The molecule has 3 saturated heterocycles. The molecule has 0 amide bonds. The summed E-state index contributed by atoms with van der Waals surface area (Å²) in [6.45, 7) is 4.64. The van der Waals surface area contributed by atoms with Gasteiger partial charge < -0.3 is 4.74 Å². The number of hydrogen-bond donors (Lipinski definition) is 0. The molecule has 6 nitrogen and oxygen atoms in total. The molecule has 146 valence electrons. The molecule has 3 aliphatic heterocycles. The highest BCUT2D eigenvalue weighted by molar-refractivity contribution is 7.86. The fourth-order valence-electron chi connectivity index (χ4n) is 3.96. The monoisotopic (exact) mass is 381 g/mol. The van der Waals surface area contributed by atoms with Gasteiger partial charge in [-0.3, -0.25) is 4.90 Å². The molecule has 3 fully saturated rings. The standard InChI is InChI=1S/C19H31N3O3S/c1-20(2)26(23,24)22-14-18-9-10-19(15-22)21(13-18)11-6-12-25-16-17-7-4-3-5-8-17/h3-5,7-8,18-19H,6,9-16H2,1-2H3/t18-,19-/m0/s1. The van der Waals surface area contributed by atoms with Crippen LogP contribution in [0.15, 0.2) is 30.3 Å². The summed E-state index contributed by atoms with van der Waals surface area (Å²) >= 11 is 0. The molecule has 1 aromatic rings. The summed E-state index contributed by atoms with van der Waals surface area (Å²) in [6, 6.07) is 10.6. The van der Waals surface area contributed by atoms with Gasteiger partial charge in [0.15, 0.2) is 0 Å². The molecular formula is C19H31N3O3S. The van der Waals surface area contributed by atoms with Crippen LogP contribution >= 0.6 is 0 Å². The van der Waals surface area contributed by atoms with E-state index in [9.17, 15) is 8.42 Å². The molecule has 0 unspecified atom stereocenters. The second kappa shape index (κ2) is 8.80. The van der Waals surface area contributed by atoms with Crippen molar-refractivity contribution in [1.29, 1.82) is 0 Å². The molecule has 1 aromatic carbocycles. The molecule has 2 bridgehead atoms. The van der Waals surface area contributed by atoms with Crippen LogP contribution in [-0.2, 0) is 21.6 Å². The summed E-state index contributed by atoms with van der Waals surface area (Å²) in [7, 11) is -0.0869. The minimum absolute atomic E-state index is 0.331. The molecule has 0 radical (unpaired) electrons. The van der Waals surface area contributed by atoms with Crippen LogP contribution in [0.5, 0.6) is 0 Å². The fraction of sp³-hybridized carbons (Fsp3) is 0.684. The van der Waals surface area contributed by atoms with Crippen molar-refractivity contribution in [3.63, 3.8) is 0 Å².